The van der Waals surface area contributed by atoms with Crippen molar-refractivity contribution in [3.05, 3.63) is 57.5 Å². The molecular formula is C21H22BrClN2O4. The maximum absolute atomic E-state index is 12.9. The third-order valence-electron chi connectivity index (χ3n) is 4.88. The number of hydrogen-bond donors (Lipinski definition) is 1. The van der Waals surface area contributed by atoms with Gasteiger partial charge in [0.1, 0.15) is 23.6 Å². The fraction of sp³-hybridized carbons (Fsp3) is 0.333. The molecule has 0 unspecified atom stereocenters. The van der Waals surface area contributed by atoms with Crippen LogP contribution in [0.25, 0.3) is 0 Å². The lowest BCUT2D eigenvalue weighted by Gasteiger charge is -2.21. The van der Waals surface area contributed by atoms with Crippen molar-refractivity contribution in [2.45, 2.75) is 25.3 Å². The lowest BCUT2D eigenvalue weighted by atomic mass is 9.93. The Kier molecular flexibility index (Phi) is 6.70. The minimum atomic E-state index is -0.933. The van der Waals surface area contributed by atoms with Gasteiger partial charge in [0.2, 0.25) is 0 Å². The number of carbonyl (C=O) groups excluding carboxylic acids is 2. The summed E-state index contributed by atoms with van der Waals surface area (Å²) in [5.74, 6) is 1.14. The number of ether oxygens (including phenoxy) is 2. The maximum Gasteiger partial charge on any atom is 0.325 e. The molecule has 1 aliphatic rings. The Bertz CT molecular complexity index is 906. The molecule has 8 heteroatoms. The summed E-state index contributed by atoms with van der Waals surface area (Å²) in [6.07, 6.45) is 1.17. The van der Waals surface area contributed by atoms with E-state index in [0.717, 1.165) is 11.3 Å². The van der Waals surface area contributed by atoms with Crippen LogP contribution in [-0.2, 0) is 11.2 Å². The summed E-state index contributed by atoms with van der Waals surface area (Å²) in [5, 5.41) is 3.41. The molecule has 2 aromatic rings. The van der Waals surface area contributed by atoms with E-state index in [2.05, 4.69) is 21.2 Å². The van der Waals surface area contributed by atoms with Gasteiger partial charge in [-0.05, 0) is 71.6 Å². The molecule has 1 saturated heterocycles. The van der Waals surface area contributed by atoms with E-state index in [-0.39, 0.29) is 19.1 Å². The minimum absolute atomic E-state index is 0.165. The standard InChI is InChI=1S/C21H22BrClN2O4/c1-21(10-9-14-3-6-16(28-2)7-4-14)19(26)25(20(27)24-21)11-12-29-18-8-5-15(23)13-17(18)22/h3-8,13H,9-12H2,1-2H3,(H,24,27)/t21-/m1/s1. The summed E-state index contributed by atoms with van der Waals surface area (Å²) in [4.78, 5) is 26.4. The van der Waals surface area contributed by atoms with Crippen LogP contribution in [0.2, 0.25) is 5.02 Å². The maximum atomic E-state index is 12.9. The van der Waals surface area contributed by atoms with E-state index in [1.165, 1.54) is 4.90 Å². The molecule has 1 aliphatic heterocycles. The average Bonchev–Trinajstić information content (AvgIpc) is 2.91. The highest BCUT2D eigenvalue weighted by molar-refractivity contribution is 9.10. The van der Waals surface area contributed by atoms with Gasteiger partial charge in [-0.1, -0.05) is 23.7 Å². The Morgan fingerprint density at radius 2 is 1.90 bits per heavy atom. The molecule has 3 rings (SSSR count). The topological polar surface area (TPSA) is 67.9 Å². The zero-order valence-corrected chi connectivity index (χ0v) is 18.5. The van der Waals surface area contributed by atoms with Crippen LogP contribution in [0.3, 0.4) is 0 Å². The number of imide groups is 1. The first-order valence-electron chi connectivity index (χ1n) is 9.17. The Labute approximate surface area is 183 Å². The molecular weight excluding hydrogens is 460 g/mol. The van der Waals surface area contributed by atoms with Crippen LogP contribution in [0.5, 0.6) is 11.5 Å². The number of methoxy groups -OCH3 is 1. The molecule has 0 aliphatic carbocycles. The third kappa shape index (κ3) is 5.03. The number of urea groups is 1. The summed E-state index contributed by atoms with van der Waals surface area (Å²) in [5.41, 5.74) is 0.140. The first-order chi connectivity index (χ1) is 13.8. The van der Waals surface area contributed by atoms with Crippen LogP contribution in [-0.4, -0.2) is 42.6 Å². The highest BCUT2D eigenvalue weighted by Crippen LogP contribution is 2.28. The van der Waals surface area contributed by atoms with Crippen molar-refractivity contribution < 1.29 is 19.1 Å². The second-order valence-corrected chi connectivity index (χ2v) is 8.28. The molecule has 0 bridgehead atoms. The molecule has 6 nitrogen and oxygen atoms in total. The smallest absolute Gasteiger partial charge is 0.325 e. The fourth-order valence-corrected chi connectivity index (χ4v) is 3.94. The molecule has 154 valence electrons. The van der Waals surface area contributed by atoms with Crippen molar-refractivity contribution in [1.82, 2.24) is 10.2 Å². The van der Waals surface area contributed by atoms with E-state index in [0.29, 0.717) is 28.1 Å². The molecule has 1 heterocycles. The summed E-state index contributed by atoms with van der Waals surface area (Å²) >= 11 is 9.29. The van der Waals surface area contributed by atoms with Gasteiger partial charge in [-0.3, -0.25) is 9.69 Å². The van der Waals surface area contributed by atoms with E-state index < -0.39 is 11.6 Å². The van der Waals surface area contributed by atoms with Gasteiger partial charge < -0.3 is 14.8 Å². The van der Waals surface area contributed by atoms with Gasteiger partial charge >= 0.3 is 6.03 Å². The van der Waals surface area contributed by atoms with E-state index >= 15 is 0 Å². The lowest BCUT2D eigenvalue weighted by Crippen LogP contribution is -2.44. The van der Waals surface area contributed by atoms with Crippen molar-refractivity contribution in [3.8, 4) is 11.5 Å². The number of halogens is 2. The van der Waals surface area contributed by atoms with E-state index in [9.17, 15) is 9.59 Å². The van der Waals surface area contributed by atoms with Gasteiger partial charge in [0, 0.05) is 5.02 Å². The zero-order chi connectivity index (χ0) is 21.0. The van der Waals surface area contributed by atoms with Crippen LogP contribution in [0.15, 0.2) is 46.9 Å². The molecule has 0 aromatic heterocycles. The highest BCUT2D eigenvalue weighted by Gasteiger charge is 2.47. The molecule has 1 N–H and O–H groups in total. The monoisotopic (exact) mass is 480 g/mol. The number of rotatable bonds is 8. The Balaban J connectivity index is 1.56. The van der Waals surface area contributed by atoms with Gasteiger partial charge in [0.25, 0.3) is 5.91 Å². The van der Waals surface area contributed by atoms with Gasteiger partial charge in [-0.15, -0.1) is 0 Å². The SMILES string of the molecule is COc1ccc(CC[C@@]2(C)NC(=O)N(CCOc3ccc(Cl)cc3Br)C2=O)cc1. The molecule has 0 saturated carbocycles. The van der Waals surface area contributed by atoms with E-state index in [1.807, 2.05) is 24.3 Å². The van der Waals surface area contributed by atoms with Crippen LogP contribution in [0.1, 0.15) is 18.9 Å². The number of amides is 3. The Morgan fingerprint density at radius 1 is 1.17 bits per heavy atom. The second kappa shape index (κ2) is 9.05. The molecule has 0 radical (unpaired) electrons. The van der Waals surface area contributed by atoms with E-state index in [4.69, 9.17) is 21.1 Å². The summed E-state index contributed by atoms with van der Waals surface area (Å²) in [6, 6.07) is 12.4. The van der Waals surface area contributed by atoms with Crippen molar-refractivity contribution in [2.24, 2.45) is 0 Å². The number of nitrogens with zero attached hydrogens (tertiary/aromatic N) is 1. The van der Waals surface area contributed by atoms with Crippen molar-refractivity contribution in [1.29, 1.82) is 0 Å². The number of carbonyl (C=O) groups is 2. The largest absolute Gasteiger partial charge is 0.497 e. The van der Waals surface area contributed by atoms with Gasteiger partial charge in [0.05, 0.1) is 18.1 Å². The zero-order valence-electron chi connectivity index (χ0n) is 16.2. The highest BCUT2D eigenvalue weighted by atomic mass is 79.9. The summed E-state index contributed by atoms with van der Waals surface area (Å²) in [6.45, 7) is 2.11. The predicted octanol–water partition coefficient (Wildman–Crippen LogP) is 4.43. The summed E-state index contributed by atoms with van der Waals surface area (Å²) < 4.78 is 11.5. The first kappa shape index (κ1) is 21.5. The molecule has 3 amide bonds. The van der Waals surface area contributed by atoms with Crippen LogP contribution in [0.4, 0.5) is 4.79 Å². The van der Waals surface area contributed by atoms with Gasteiger partial charge in [0.15, 0.2) is 0 Å². The predicted molar refractivity (Wildman–Crippen MR) is 115 cm³/mol. The summed E-state index contributed by atoms with van der Waals surface area (Å²) in [7, 11) is 1.62. The number of benzene rings is 2. The number of nitrogens with one attached hydrogen (secondary N) is 1. The first-order valence-corrected chi connectivity index (χ1v) is 10.3. The van der Waals surface area contributed by atoms with Gasteiger partial charge in [-0.2, -0.15) is 0 Å². The fourth-order valence-electron chi connectivity index (χ4n) is 3.15. The molecule has 29 heavy (non-hydrogen) atoms. The Morgan fingerprint density at radius 3 is 2.55 bits per heavy atom. The second-order valence-electron chi connectivity index (χ2n) is 6.99. The van der Waals surface area contributed by atoms with Crippen molar-refractivity contribution in [2.75, 3.05) is 20.3 Å². The average molecular weight is 482 g/mol. The van der Waals surface area contributed by atoms with Crippen molar-refractivity contribution >= 4 is 39.5 Å². The van der Waals surface area contributed by atoms with E-state index in [1.54, 1.807) is 32.2 Å². The molecule has 1 fully saturated rings. The Hall–Kier alpha value is -2.25. The molecule has 2 aromatic carbocycles. The number of aryl methyl sites for hydroxylation is 1. The van der Waals surface area contributed by atoms with Crippen molar-refractivity contribution in [3.63, 3.8) is 0 Å². The van der Waals surface area contributed by atoms with Crippen LogP contribution >= 0.6 is 27.5 Å². The minimum Gasteiger partial charge on any atom is -0.497 e. The quantitative estimate of drug-likeness (QED) is 0.566. The van der Waals surface area contributed by atoms with Gasteiger partial charge in [-0.25, -0.2) is 4.79 Å². The molecule has 0 spiro atoms. The third-order valence-corrected chi connectivity index (χ3v) is 5.74. The number of hydrogen-bond acceptors (Lipinski definition) is 4. The van der Waals surface area contributed by atoms with Crippen LogP contribution < -0.4 is 14.8 Å². The lowest BCUT2D eigenvalue weighted by molar-refractivity contribution is -0.131. The molecule has 1 atom stereocenters. The normalized spacial score (nSPS) is 18.7. The van der Waals surface area contributed by atoms with Crippen LogP contribution in [0, 0.1) is 0 Å².